The van der Waals surface area contributed by atoms with E-state index < -0.39 is 0 Å². The van der Waals surface area contributed by atoms with E-state index in [1.54, 1.807) is 0 Å². The monoisotopic (exact) mass is 259 g/mol. The highest BCUT2D eigenvalue weighted by atomic mass is 35.5. The fourth-order valence-corrected chi connectivity index (χ4v) is 2.16. The molecule has 0 spiro atoms. The first-order chi connectivity index (χ1) is 7.29. The summed E-state index contributed by atoms with van der Waals surface area (Å²) in [4.78, 5) is 0. The maximum atomic E-state index is 5.83. The molecule has 2 atom stereocenters. The first-order valence-electron chi connectivity index (χ1n) is 5.77. The van der Waals surface area contributed by atoms with E-state index in [2.05, 4.69) is 24.4 Å². The molecule has 0 heterocycles. The zero-order valence-corrected chi connectivity index (χ0v) is 11.2. The lowest BCUT2D eigenvalue weighted by atomic mass is 10.2. The summed E-state index contributed by atoms with van der Waals surface area (Å²) >= 11 is 5.83. The van der Waals surface area contributed by atoms with Crippen molar-refractivity contribution >= 4 is 24.0 Å². The second-order valence-corrected chi connectivity index (χ2v) is 4.83. The van der Waals surface area contributed by atoms with Crippen LogP contribution in [-0.2, 0) is 6.54 Å². The summed E-state index contributed by atoms with van der Waals surface area (Å²) in [6, 6.07) is 8.85. The Hall–Kier alpha value is -0.240. The van der Waals surface area contributed by atoms with E-state index in [1.165, 1.54) is 24.8 Å². The van der Waals surface area contributed by atoms with Crippen LogP contribution in [0.5, 0.6) is 0 Å². The van der Waals surface area contributed by atoms with Crippen LogP contribution in [-0.4, -0.2) is 6.04 Å². The van der Waals surface area contributed by atoms with E-state index >= 15 is 0 Å². The van der Waals surface area contributed by atoms with Crippen LogP contribution in [0.3, 0.4) is 0 Å². The molecule has 3 heteroatoms. The number of halogens is 2. The van der Waals surface area contributed by atoms with E-state index in [-0.39, 0.29) is 12.4 Å². The zero-order chi connectivity index (χ0) is 10.7. The minimum atomic E-state index is 0. The van der Waals surface area contributed by atoms with Gasteiger partial charge in [0.15, 0.2) is 0 Å². The highest BCUT2D eigenvalue weighted by molar-refractivity contribution is 6.30. The lowest BCUT2D eigenvalue weighted by molar-refractivity contribution is 0.599. The quantitative estimate of drug-likeness (QED) is 0.842. The minimum absolute atomic E-state index is 0. The van der Waals surface area contributed by atoms with Gasteiger partial charge < -0.3 is 5.32 Å². The fraction of sp³-hybridized carbons (Fsp3) is 0.538. The van der Waals surface area contributed by atoms with Crippen LogP contribution in [0, 0.1) is 5.92 Å². The standard InChI is InChI=1S/C13H18ClN.ClH/c1-2-3-11-8-13(11)15-9-10-4-6-12(14)7-5-10;/h4-7,11,13,15H,2-3,8-9H2,1H3;1H. The Bertz CT molecular complexity index is 310. The molecule has 0 bridgehead atoms. The third-order valence-electron chi connectivity index (χ3n) is 3.06. The number of benzene rings is 1. The summed E-state index contributed by atoms with van der Waals surface area (Å²) in [7, 11) is 0. The van der Waals surface area contributed by atoms with Gasteiger partial charge in [-0.3, -0.25) is 0 Å². The summed E-state index contributed by atoms with van der Waals surface area (Å²) in [5.41, 5.74) is 1.32. The van der Waals surface area contributed by atoms with Gasteiger partial charge in [-0.05, 0) is 36.5 Å². The Kier molecular flexibility index (Phi) is 5.60. The lowest BCUT2D eigenvalue weighted by Gasteiger charge is -2.04. The van der Waals surface area contributed by atoms with Crippen LogP contribution < -0.4 is 5.32 Å². The van der Waals surface area contributed by atoms with E-state index in [9.17, 15) is 0 Å². The molecule has 1 aromatic carbocycles. The van der Waals surface area contributed by atoms with Crippen LogP contribution in [0.2, 0.25) is 5.02 Å². The van der Waals surface area contributed by atoms with Gasteiger partial charge in [-0.1, -0.05) is 37.1 Å². The van der Waals surface area contributed by atoms with Crippen LogP contribution in [0.1, 0.15) is 31.7 Å². The number of hydrogen-bond acceptors (Lipinski definition) is 1. The molecule has 2 unspecified atom stereocenters. The maximum Gasteiger partial charge on any atom is 0.0406 e. The molecule has 1 N–H and O–H groups in total. The molecule has 0 amide bonds. The molecule has 1 aliphatic carbocycles. The van der Waals surface area contributed by atoms with Crippen LogP contribution in [0.25, 0.3) is 0 Å². The molecule has 2 rings (SSSR count). The van der Waals surface area contributed by atoms with Gasteiger partial charge in [0, 0.05) is 17.6 Å². The van der Waals surface area contributed by atoms with Gasteiger partial charge in [-0.2, -0.15) is 0 Å². The molecule has 1 aliphatic rings. The van der Waals surface area contributed by atoms with Gasteiger partial charge >= 0.3 is 0 Å². The van der Waals surface area contributed by atoms with E-state index in [0.29, 0.717) is 0 Å². The molecular formula is C13H19Cl2N. The van der Waals surface area contributed by atoms with Gasteiger partial charge in [-0.15, -0.1) is 12.4 Å². The van der Waals surface area contributed by atoms with Crippen molar-refractivity contribution in [3.63, 3.8) is 0 Å². The number of nitrogens with one attached hydrogen (secondary N) is 1. The van der Waals surface area contributed by atoms with Gasteiger partial charge in [-0.25, -0.2) is 0 Å². The third-order valence-corrected chi connectivity index (χ3v) is 3.32. The summed E-state index contributed by atoms with van der Waals surface area (Å²) in [6.45, 7) is 3.23. The van der Waals surface area contributed by atoms with Crippen molar-refractivity contribution in [2.75, 3.05) is 0 Å². The summed E-state index contributed by atoms with van der Waals surface area (Å²) in [5.74, 6) is 0.933. The molecule has 0 aliphatic heterocycles. The fourth-order valence-electron chi connectivity index (χ4n) is 2.04. The molecule has 0 radical (unpaired) electrons. The van der Waals surface area contributed by atoms with Gasteiger partial charge in [0.05, 0.1) is 0 Å². The molecule has 1 fully saturated rings. The van der Waals surface area contributed by atoms with Crippen molar-refractivity contribution in [3.05, 3.63) is 34.9 Å². The molecule has 0 saturated heterocycles. The molecular weight excluding hydrogens is 241 g/mol. The van der Waals surface area contributed by atoms with Gasteiger partial charge in [0.1, 0.15) is 0 Å². The molecule has 1 nitrogen and oxygen atoms in total. The van der Waals surface area contributed by atoms with Crippen molar-refractivity contribution in [1.82, 2.24) is 5.32 Å². The van der Waals surface area contributed by atoms with Crippen molar-refractivity contribution < 1.29 is 0 Å². The van der Waals surface area contributed by atoms with E-state index in [1.807, 2.05) is 12.1 Å². The molecule has 16 heavy (non-hydrogen) atoms. The second kappa shape index (κ2) is 6.48. The van der Waals surface area contributed by atoms with Crippen molar-refractivity contribution in [3.8, 4) is 0 Å². The van der Waals surface area contributed by atoms with Crippen LogP contribution >= 0.6 is 24.0 Å². The van der Waals surface area contributed by atoms with E-state index in [0.717, 1.165) is 23.5 Å². The lowest BCUT2D eigenvalue weighted by Crippen LogP contribution is -2.17. The topological polar surface area (TPSA) is 12.0 Å². The van der Waals surface area contributed by atoms with Crippen LogP contribution in [0.15, 0.2) is 24.3 Å². The second-order valence-electron chi connectivity index (χ2n) is 4.40. The number of hydrogen-bond donors (Lipinski definition) is 1. The Morgan fingerprint density at radius 1 is 1.31 bits per heavy atom. The average Bonchev–Trinajstić information content (AvgIpc) is 2.97. The third kappa shape index (κ3) is 3.97. The molecule has 1 aromatic rings. The Morgan fingerprint density at radius 3 is 2.62 bits per heavy atom. The highest BCUT2D eigenvalue weighted by Gasteiger charge is 2.35. The SMILES string of the molecule is CCCC1CC1NCc1ccc(Cl)cc1.Cl. The largest absolute Gasteiger partial charge is 0.310 e. The van der Waals surface area contributed by atoms with Gasteiger partial charge in [0.25, 0.3) is 0 Å². The summed E-state index contributed by atoms with van der Waals surface area (Å²) < 4.78 is 0. The van der Waals surface area contributed by atoms with Gasteiger partial charge in [0.2, 0.25) is 0 Å². The maximum absolute atomic E-state index is 5.83. The minimum Gasteiger partial charge on any atom is -0.310 e. The highest BCUT2D eigenvalue weighted by Crippen LogP contribution is 2.34. The summed E-state index contributed by atoms with van der Waals surface area (Å²) in [6.07, 6.45) is 4.05. The Balaban J connectivity index is 0.00000128. The Morgan fingerprint density at radius 2 is 2.00 bits per heavy atom. The Labute approximate surface area is 109 Å². The molecule has 1 saturated carbocycles. The predicted octanol–water partition coefficient (Wildman–Crippen LogP) is 4.04. The van der Waals surface area contributed by atoms with Crippen LogP contribution in [0.4, 0.5) is 0 Å². The molecule has 0 aromatic heterocycles. The molecule has 90 valence electrons. The van der Waals surface area contributed by atoms with Crippen molar-refractivity contribution in [2.45, 2.75) is 38.8 Å². The number of rotatable bonds is 5. The van der Waals surface area contributed by atoms with Crippen molar-refractivity contribution in [2.24, 2.45) is 5.92 Å². The summed E-state index contributed by atoms with van der Waals surface area (Å²) in [5, 5.41) is 4.40. The first-order valence-corrected chi connectivity index (χ1v) is 6.15. The average molecular weight is 260 g/mol. The smallest absolute Gasteiger partial charge is 0.0406 e. The zero-order valence-electron chi connectivity index (χ0n) is 9.58. The first kappa shape index (κ1) is 13.8. The normalized spacial score (nSPS) is 22.6. The predicted molar refractivity (Wildman–Crippen MR) is 72.3 cm³/mol. The van der Waals surface area contributed by atoms with E-state index in [4.69, 9.17) is 11.6 Å². The van der Waals surface area contributed by atoms with Crippen molar-refractivity contribution in [1.29, 1.82) is 0 Å².